The van der Waals surface area contributed by atoms with E-state index in [1.165, 1.54) is 18.4 Å². The Kier molecular flexibility index (Phi) is 5.42. The Morgan fingerprint density at radius 3 is 2.72 bits per heavy atom. The second kappa shape index (κ2) is 7.73. The molecule has 0 unspecified atom stereocenters. The van der Waals surface area contributed by atoms with Crippen LogP contribution in [0.15, 0.2) is 34.7 Å². The van der Waals surface area contributed by atoms with Gasteiger partial charge in [0.25, 0.3) is 11.8 Å². The molecule has 7 nitrogen and oxygen atoms in total. The molecule has 0 bridgehead atoms. The predicted octanol–water partition coefficient (Wildman–Crippen LogP) is 4.13. The number of amides is 1. The van der Waals surface area contributed by atoms with Gasteiger partial charge in [-0.3, -0.25) is 10.1 Å². The van der Waals surface area contributed by atoms with Crippen molar-refractivity contribution in [3.05, 3.63) is 39.0 Å². The highest BCUT2D eigenvalue weighted by atomic mass is 35.5. The van der Waals surface area contributed by atoms with Gasteiger partial charge in [-0.1, -0.05) is 40.4 Å². The number of anilines is 1. The number of methoxy groups -OCH3 is 1. The first-order valence-electron chi connectivity index (χ1n) is 6.91. The molecule has 3 aromatic rings. The fourth-order valence-electron chi connectivity index (χ4n) is 1.91. The summed E-state index contributed by atoms with van der Waals surface area (Å²) in [5.41, 5.74) is 0.509. The largest absolute Gasteiger partial charge is 0.493 e. The molecule has 2 aromatic heterocycles. The normalized spacial score (nSPS) is 10.5. The first-order chi connectivity index (χ1) is 12.1. The van der Waals surface area contributed by atoms with Crippen molar-refractivity contribution in [2.45, 2.75) is 0 Å². The lowest BCUT2D eigenvalue weighted by atomic mass is 10.3. The number of para-hydroxylation sites is 2. The molecule has 0 radical (unpaired) electrons. The second-order valence-corrected chi connectivity index (χ2v) is 6.92. The number of nitrogens with one attached hydrogen (secondary N) is 1. The summed E-state index contributed by atoms with van der Waals surface area (Å²) in [6.07, 6.45) is 0. The minimum Gasteiger partial charge on any atom is -0.493 e. The Labute approximate surface area is 156 Å². The van der Waals surface area contributed by atoms with Gasteiger partial charge in [0.15, 0.2) is 18.1 Å². The van der Waals surface area contributed by atoms with Gasteiger partial charge in [0.2, 0.25) is 0 Å². The molecule has 0 atom stereocenters. The monoisotopic (exact) mass is 399 g/mol. The van der Waals surface area contributed by atoms with Gasteiger partial charge >= 0.3 is 6.01 Å². The van der Waals surface area contributed by atoms with Crippen LogP contribution in [-0.4, -0.2) is 29.8 Å². The Bertz CT molecular complexity index is 897. The Morgan fingerprint density at radius 1 is 1.28 bits per heavy atom. The molecule has 0 saturated heterocycles. The van der Waals surface area contributed by atoms with E-state index in [0.717, 1.165) is 0 Å². The number of hydrogen-bond acceptors (Lipinski definition) is 7. The topological polar surface area (TPSA) is 86.5 Å². The summed E-state index contributed by atoms with van der Waals surface area (Å²) < 4.78 is 16.8. The Hall–Kier alpha value is -2.29. The molecule has 3 rings (SSSR count). The molecule has 2 heterocycles. The second-order valence-electron chi connectivity index (χ2n) is 4.64. The molecule has 0 aliphatic rings. The SMILES string of the molecule is COc1ccccc1OCC(=O)Nc1nnc(-c2cc(Cl)sc2Cl)o1. The van der Waals surface area contributed by atoms with Crippen LogP contribution in [0.5, 0.6) is 11.5 Å². The molecule has 0 aliphatic heterocycles. The van der Waals surface area contributed by atoms with Crippen LogP contribution < -0.4 is 14.8 Å². The highest BCUT2D eigenvalue weighted by Gasteiger charge is 2.16. The maximum atomic E-state index is 12.0. The standard InChI is InChI=1S/C15H11Cl2N3O4S/c1-22-9-4-2-3-5-10(9)23-7-12(21)18-15-20-19-14(24-15)8-6-11(16)25-13(8)17/h2-6H,7H2,1H3,(H,18,20,21). The van der Waals surface area contributed by atoms with Gasteiger partial charge in [0, 0.05) is 0 Å². The minimum absolute atomic E-state index is 0.0676. The number of thiophene rings is 1. The quantitative estimate of drug-likeness (QED) is 0.670. The Balaban J connectivity index is 1.61. The van der Waals surface area contributed by atoms with Crippen molar-refractivity contribution in [3.8, 4) is 23.0 Å². The van der Waals surface area contributed by atoms with Crippen molar-refractivity contribution in [2.75, 3.05) is 19.0 Å². The number of benzene rings is 1. The number of hydrogen-bond donors (Lipinski definition) is 1. The molecule has 10 heteroatoms. The average Bonchev–Trinajstić information content (AvgIpc) is 3.19. The fourth-order valence-corrected chi connectivity index (χ4v) is 3.35. The van der Waals surface area contributed by atoms with Crippen molar-refractivity contribution < 1.29 is 18.7 Å². The highest BCUT2D eigenvalue weighted by molar-refractivity contribution is 7.20. The zero-order valence-electron chi connectivity index (χ0n) is 12.8. The Morgan fingerprint density at radius 2 is 2.04 bits per heavy atom. The third-order valence-corrected chi connectivity index (χ3v) is 4.47. The van der Waals surface area contributed by atoms with Crippen molar-refractivity contribution in [1.29, 1.82) is 0 Å². The molecular weight excluding hydrogens is 389 g/mol. The lowest BCUT2D eigenvalue weighted by Crippen LogP contribution is -2.20. The van der Waals surface area contributed by atoms with E-state index < -0.39 is 5.91 Å². The third kappa shape index (κ3) is 4.22. The van der Waals surface area contributed by atoms with Gasteiger partial charge in [-0.05, 0) is 18.2 Å². The molecule has 0 aliphatic carbocycles. The molecule has 1 N–H and O–H groups in total. The molecule has 0 spiro atoms. The van der Waals surface area contributed by atoms with E-state index in [2.05, 4.69) is 15.5 Å². The van der Waals surface area contributed by atoms with E-state index in [9.17, 15) is 4.79 Å². The van der Waals surface area contributed by atoms with Crippen LogP contribution in [0.25, 0.3) is 11.5 Å². The number of carbonyl (C=O) groups is 1. The maximum Gasteiger partial charge on any atom is 0.322 e. The summed E-state index contributed by atoms with van der Waals surface area (Å²) in [7, 11) is 1.52. The molecule has 25 heavy (non-hydrogen) atoms. The van der Waals surface area contributed by atoms with E-state index in [0.29, 0.717) is 25.7 Å². The van der Waals surface area contributed by atoms with Crippen LogP contribution in [0.1, 0.15) is 0 Å². The summed E-state index contributed by atoms with van der Waals surface area (Å²) in [4.78, 5) is 12.0. The first-order valence-corrected chi connectivity index (χ1v) is 8.48. The minimum atomic E-state index is -0.462. The molecule has 1 amide bonds. The van der Waals surface area contributed by atoms with Crippen LogP contribution in [-0.2, 0) is 4.79 Å². The van der Waals surface area contributed by atoms with Crippen molar-refractivity contribution >= 4 is 46.5 Å². The molecule has 130 valence electrons. The maximum absolute atomic E-state index is 12.0. The van der Waals surface area contributed by atoms with Crippen LogP contribution >= 0.6 is 34.5 Å². The van der Waals surface area contributed by atoms with Gasteiger partial charge in [0.1, 0.15) is 4.34 Å². The zero-order chi connectivity index (χ0) is 17.8. The zero-order valence-corrected chi connectivity index (χ0v) is 15.1. The summed E-state index contributed by atoms with van der Waals surface area (Å²) in [6.45, 7) is -0.247. The van der Waals surface area contributed by atoms with E-state index in [1.54, 1.807) is 30.3 Å². The van der Waals surface area contributed by atoms with Gasteiger partial charge < -0.3 is 13.9 Å². The lowest BCUT2D eigenvalue weighted by Gasteiger charge is -2.09. The smallest absolute Gasteiger partial charge is 0.322 e. The molecule has 0 fully saturated rings. The first kappa shape index (κ1) is 17.5. The summed E-state index contributed by atoms with van der Waals surface area (Å²) in [6, 6.07) is 8.54. The van der Waals surface area contributed by atoms with Crippen molar-refractivity contribution in [3.63, 3.8) is 0 Å². The van der Waals surface area contributed by atoms with Crippen molar-refractivity contribution in [2.24, 2.45) is 0 Å². The highest BCUT2D eigenvalue weighted by Crippen LogP contribution is 2.37. The lowest BCUT2D eigenvalue weighted by molar-refractivity contribution is -0.118. The predicted molar refractivity (Wildman–Crippen MR) is 94.7 cm³/mol. The average molecular weight is 400 g/mol. The van der Waals surface area contributed by atoms with E-state index in [1.807, 2.05) is 0 Å². The van der Waals surface area contributed by atoms with E-state index in [-0.39, 0.29) is 18.5 Å². The van der Waals surface area contributed by atoms with Gasteiger partial charge in [-0.25, -0.2) is 0 Å². The number of ether oxygens (including phenoxy) is 2. The molecule has 1 aromatic carbocycles. The van der Waals surface area contributed by atoms with Crippen LogP contribution in [0.4, 0.5) is 6.01 Å². The number of halogens is 2. The van der Waals surface area contributed by atoms with Gasteiger partial charge in [-0.2, -0.15) is 0 Å². The van der Waals surface area contributed by atoms with Crippen LogP contribution in [0, 0.1) is 0 Å². The number of nitrogens with zero attached hydrogens (tertiary/aromatic N) is 2. The number of carbonyl (C=O) groups excluding carboxylic acids is 1. The summed E-state index contributed by atoms with van der Waals surface area (Å²) >= 11 is 13.1. The summed E-state index contributed by atoms with van der Waals surface area (Å²) in [5, 5.41) is 10.0. The fraction of sp³-hybridized carbons (Fsp3) is 0.133. The third-order valence-electron chi connectivity index (χ3n) is 2.99. The number of aromatic nitrogens is 2. The van der Waals surface area contributed by atoms with Crippen LogP contribution in [0.2, 0.25) is 8.67 Å². The van der Waals surface area contributed by atoms with E-state index >= 15 is 0 Å². The molecular formula is C15H11Cl2N3O4S. The van der Waals surface area contributed by atoms with E-state index in [4.69, 9.17) is 37.1 Å². The number of rotatable bonds is 6. The summed E-state index contributed by atoms with van der Waals surface area (Å²) in [5.74, 6) is 0.676. The molecule has 0 saturated carbocycles. The van der Waals surface area contributed by atoms with Crippen molar-refractivity contribution in [1.82, 2.24) is 10.2 Å². The van der Waals surface area contributed by atoms with Gasteiger partial charge in [-0.15, -0.1) is 16.4 Å². The van der Waals surface area contributed by atoms with Crippen LogP contribution in [0.3, 0.4) is 0 Å². The van der Waals surface area contributed by atoms with Gasteiger partial charge in [0.05, 0.1) is 17.0 Å².